The molecule has 0 saturated carbocycles. The third-order valence-electron chi connectivity index (χ3n) is 2.82. The van der Waals surface area contributed by atoms with Crippen molar-refractivity contribution < 1.29 is 0 Å². The predicted octanol–water partition coefficient (Wildman–Crippen LogP) is 3.26. The summed E-state index contributed by atoms with van der Waals surface area (Å²) in [5.41, 5.74) is 1.89. The maximum atomic E-state index is 12.0. The van der Waals surface area contributed by atoms with E-state index < -0.39 is 0 Å². The molecule has 20 heavy (non-hydrogen) atoms. The Morgan fingerprint density at radius 3 is 2.45 bits per heavy atom. The number of benzene rings is 1. The quantitative estimate of drug-likeness (QED) is 0.785. The van der Waals surface area contributed by atoms with Gasteiger partial charge in [-0.2, -0.15) is 0 Å². The lowest BCUT2D eigenvalue weighted by molar-refractivity contribution is 1.09. The minimum absolute atomic E-state index is 0.223. The summed E-state index contributed by atoms with van der Waals surface area (Å²) in [6.07, 6.45) is 1.67. The summed E-state index contributed by atoms with van der Waals surface area (Å²) >= 11 is 3.30. The van der Waals surface area contributed by atoms with E-state index in [1.165, 1.54) is 0 Å². The number of H-pyrrole nitrogens is 1. The van der Waals surface area contributed by atoms with Gasteiger partial charge in [0.15, 0.2) is 5.82 Å². The van der Waals surface area contributed by atoms with Crippen molar-refractivity contribution in [3.63, 3.8) is 0 Å². The molecule has 0 aliphatic rings. The highest BCUT2D eigenvalue weighted by atomic mass is 79.9. The van der Waals surface area contributed by atoms with Gasteiger partial charge in [-0.15, -0.1) is 0 Å². The summed E-state index contributed by atoms with van der Waals surface area (Å²) in [5.74, 6) is 0.456. The molecule has 5 heteroatoms. The van der Waals surface area contributed by atoms with E-state index in [-0.39, 0.29) is 5.56 Å². The largest absolute Gasteiger partial charge is 0.304 e. The third-order valence-corrected chi connectivity index (χ3v) is 3.55. The summed E-state index contributed by atoms with van der Waals surface area (Å²) < 4.78 is 0.420. The number of nitrogens with one attached hydrogen (secondary N) is 1. The zero-order chi connectivity index (χ0) is 13.9. The molecule has 3 aromatic rings. The average molecular weight is 328 g/mol. The SMILES string of the molecule is O=c1[nH]c(-c2ccccn2)nc(-c2ccccc2)c1Br. The average Bonchev–Trinajstić information content (AvgIpc) is 2.51. The van der Waals surface area contributed by atoms with Gasteiger partial charge in [0.1, 0.15) is 10.2 Å². The fraction of sp³-hybridized carbons (Fsp3) is 0. The van der Waals surface area contributed by atoms with Gasteiger partial charge in [0, 0.05) is 11.8 Å². The smallest absolute Gasteiger partial charge is 0.266 e. The number of aromatic amines is 1. The van der Waals surface area contributed by atoms with E-state index in [0.717, 1.165) is 5.56 Å². The number of aromatic nitrogens is 3. The molecule has 0 fully saturated rings. The number of hydrogen-bond donors (Lipinski definition) is 1. The van der Waals surface area contributed by atoms with Crippen LogP contribution in [0.3, 0.4) is 0 Å². The molecule has 1 N–H and O–H groups in total. The molecule has 3 rings (SSSR count). The number of rotatable bonds is 2. The first kappa shape index (κ1) is 12.7. The molecule has 4 nitrogen and oxygen atoms in total. The Bertz CT molecular complexity index is 785. The molecule has 0 radical (unpaired) electrons. The summed E-state index contributed by atoms with van der Waals surface area (Å²) in [6, 6.07) is 15.0. The Morgan fingerprint density at radius 1 is 1.00 bits per heavy atom. The summed E-state index contributed by atoms with van der Waals surface area (Å²) in [7, 11) is 0. The fourth-order valence-electron chi connectivity index (χ4n) is 1.87. The van der Waals surface area contributed by atoms with Crippen LogP contribution in [0.5, 0.6) is 0 Å². The fourth-order valence-corrected chi connectivity index (χ4v) is 2.29. The zero-order valence-electron chi connectivity index (χ0n) is 10.4. The van der Waals surface area contributed by atoms with E-state index >= 15 is 0 Å². The van der Waals surface area contributed by atoms with E-state index in [2.05, 4.69) is 30.9 Å². The molecule has 1 aromatic carbocycles. The van der Waals surface area contributed by atoms with Crippen LogP contribution in [0.25, 0.3) is 22.8 Å². The van der Waals surface area contributed by atoms with Crippen molar-refractivity contribution in [1.82, 2.24) is 15.0 Å². The Labute approximate surface area is 123 Å². The maximum Gasteiger partial charge on any atom is 0.266 e. The van der Waals surface area contributed by atoms with Crippen LogP contribution < -0.4 is 5.56 Å². The van der Waals surface area contributed by atoms with Crippen LogP contribution in [0.15, 0.2) is 64.0 Å². The minimum Gasteiger partial charge on any atom is -0.304 e. The lowest BCUT2D eigenvalue weighted by atomic mass is 10.1. The zero-order valence-corrected chi connectivity index (χ0v) is 12.0. The van der Waals surface area contributed by atoms with Crippen molar-refractivity contribution in [2.45, 2.75) is 0 Å². The second-order valence-electron chi connectivity index (χ2n) is 4.16. The van der Waals surface area contributed by atoms with Crippen LogP contribution in [0.1, 0.15) is 0 Å². The number of hydrogen-bond acceptors (Lipinski definition) is 3. The predicted molar refractivity (Wildman–Crippen MR) is 81.2 cm³/mol. The molecule has 2 heterocycles. The second kappa shape index (κ2) is 5.38. The first-order valence-corrected chi connectivity index (χ1v) is 6.81. The van der Waals surface area contributed by atoms with Gasteiger partial charge >= 0.3 is 0 Å². The van der Waals surface area contributed by atoms with E-state index in [1.807, 2.05) is 42.5 Å². The van der Waals surface area contributed by atoms with Crippen LogP contribution in [-0.4, -0.2) is 15.0 Å². The normalized spacial score (nSPS) is 10.4. The maximum absolute atomic E-state index is 12.0. The molecule has 98 valence electrons. The van der Waals surface area contributed by atoms with Gasteiger partial charge in [-0.25, -0.2) is 4.98 Å². The molecule has 2 aromatic heterocycles. The van der Waals surface area contributed by atoms with Crippen molar-refractivity contribution in [1.29, 1.82) is 0 Å². The van der Waals surface area contributed by atoms with Gasteiger partial charge in [-0.1, -0.05) is 36.4 Å². The number of halogens is 1. The Balaban J connectivity index is 2.22. The molecular formula is C15H10BrN3O. The van der Waals surface area contributed by atoms with Gasteiger partial charge in [-0.05, 0) is 28.1 Å². The van der Waals surface area contributed by atoms with Crippen molar-refractivity contribution in [3.8, 4) is 22.8 Å². The van der Waals surface area contributed by atoms with Crippen molar-refractivity contribution in [2.75, 3.05) is 0 Å². The van der Waals surface area contributed by atoms with E-state index in [0.29, 0.717) is 21.7 Å². The van der Waals surface area contributed by atoms with E-state index in [9.17, 15) is 4.79 Å². The lowest BCUT2D eigenvalue weighted by Crippen LogP contribution is -2.12. The van der Waals surface area contributed by atoms with Crippen LogP contribution in [0.4, 0.5) is 0 Å². The number of pyridine rings is 1. The highest BCUT2D eigenvalue weighted by Crippen LogP contribution is 2.24. The van der Waals surface area contributed by atoms with Crippen LogP contribution in [0, 0.1) is 0 Å². The molecule has 0 unspecified atom stereocenters. The molecule has 0 aliphatic heterocycles. The Hall–Kier alpha value is -2.27. The van der Waals surface area contributed by atoms with Crippen molar-refractivity contribution >= 4 is 15.9 Å². The highest BCUT2D eigenvalue weighted by molar-refractivity contribution is 9.10. The van der Waals surface area contributed by atoms with Gasteiger partial charge in [0.05, 0.1) is 5.69 Å². The summed E-state index contributed by atoms with van der Waals surface area (Å²) in [5, 5.41) is 0. The monoisotopic (exact) mass is 327 g/mol. The Kier molecular flexibility index (Phi) is 3.43. The summed E-state index contributed by atoms with van der Waals surface area (Å²) in [4.78, 5) is 23.5. The second-order valence-corrected chi connectivity index (χ2v) is 4.95. The van der Waals surface area contributed by atoms with Crippen LogP contribution in [-0.2, 0) is 0 Å². The molecule has 0 aliphatic carbocycles. The molecule has 0 amide bonds. The molecular weight excluding hydrogens is 318 g/mol. The topological polar surface area (TPSA) is 58.6 Å². The molecule has 0 saturated heterocycles. The van der Waals surface area contributed by atoms with Crippen LogP contribution in [0.2, 0.25) is 0 Å². The molecule has 0 atom stereocenters. The van der Waals surface area contributed by atoms with Crippen LogP contribution >= 0.6 is 15.9 Å². The highest BCUT2D eigenvalue weighted by Gasteiger charge is 2.12. The number of nitrogens with zero attached hydrogens (tertiary/aromatic N) is 2. The standard InChI is InChI=1S/C15H10BrN3O/c16-12-13(10-6-2-1-3-7-10)18-14(19-15(12)20)11-8-4-5-9-17-11/h1-9H,(H,18,19,20). The first-order chi connectivity index (χ1) is 9.75. The van der Waals surface area contributed by atoms with E-state index in [1.54, 1.807) is 12.3 Å². The van der Waals surface area contributed by atoms with Gasteiger partial charge < -0.3 is 4.98 Å². The van der Waals surface area contributed by atoms with Gasteiger partial charge in [0.25, 0.3) is 5.56 Å². The lowest BCUT2D eigenvalue weighted by Gasteiger charge is -2.06. The van der Waals surface area contributed by atoms with Gasteiger partial charge in [0.2, 0.25) is 0 Å². The molecule has 0 bridgehead atoms. The van der Waals surface area contributed by atoms with Crippen molar-refractivity contribution in [2.24, 2.45) is 0 Å². The third kappa shape index (κ3) is 2.40. The molecule has 0 spiro atoms. The Morgan fingerprint density at radius 2 is 1.75 bits per heavy atom. The van der Waals surface area contributed by atoms with E-state index in [4.69, 9.17) is 0 Å². The van der Waals surface area contributed by atoms with Gasteiger partial charge in [-0.3, -0.25) is 9.78 Å². The minimum atomic E-state index is -0.223. The summed E-state index contributed by atoms with van der Waals surface area (Å²) in [6.45, 7) is 0. The van der Waals surface area contributed by atoms with Crippen molar-refractivity contribution in [3.05, 3.63) is 69.6 Å². The first-order valence-electron chi connectivity index (χ1n) is 6.02.